The van der Waals surface area contributed by atoms with Crippen LogP contribution >= 0.6 is 22.9 Å². The monoisotopic (exact) mass is 241 g/mol. The Kier molecular flexibility index (Phi) is 3.07. The summed E-state index contributed by atoms with van der Waals surface area (Å²) in [6.45, 7) is 5.08. The zero-order valence-electron chi connectivity index (χ0n) is 8.70. The molecule has 0 amide bonds. The summed E-state index contributed by atoms with van der Waals surface area (Å²) < 4.78 is 1.98. The van der Waals surface area contributed by atoms with Gasteiger partial charge in [0.05, 0.1) is 12.4 Å². The Labute approximate surface area is 97.7 Å². The predicted molar refractivity (Wildman–Crippen MR) is 62.5 cm³/mol. The quantitative estimate of drug-likeness (QED) is 0.774. The third-order valence-electron chi connectivity index (χ3n) is 2.36. The summed E-state index contributed by atoms with van der Waals surface area (Å²) in [5, 5.41) is 7.80. The molecule has 0 saturated heterocycles. The van der Waals surface area contributed by atoms with Crippen molar-refractivity contribution in [2.45, 2.75) is 26.3 Å². The predicted octanol–water partition coefficient (Wildman–Crippen LogP) is 2.74. The molecule has 5 heteroatoms. The van der Waals surface area contributed by atoms with E-state index in [2.05, 4.69) is 30.1 Å². The smallest absolute Gasteiger partial charge is 0.148 e. The molecular formula is C10H12ClN3S. The van der Waals surface area contributed by atoms with Gasteiger partial charge in [-0.25, -0.2) is 0 Å². The third-order valence-corrected chi connectivity index (χ3v) is 3.73. The van der Waals surface area contributed by atoms with Gasteiger partial charge in [0.1, 0.15) is 12.2 Å². The molecule has 15 heavy (non-hydrogen) atoms. The van der Waals surface area contributed by atoms with Crippen LogP contribution in [0.25, 0.3) is 0 Å². The fraction of sp³-hybridized carbons (Fsp3) is 0.400. The molecule has 0 saturated carbocycles. The fourth-order valence-corrected chi connectivity index (χ4v) is 2.67. The van der Waals surface area contributed by atoms with Crippen molar-refractivity contribution in [1.82, 2.24) is 14.8 Å². The van der Waals surface area contributed by atoms with Gasteiger partial charge in [-0.1, -0.05) is 0 Å². The first kappa shape index (κ1) is 10.6. The highest BCUT2D eigenvalue weighted by molar-refractivity contribution is 7.12. The highest BCUT2D eigenvalue weighted by atomic mass is 35.5. The maximum Gasteiger partial charge on any atom is 0.148 e. The molecule has 0 bridgehead atoms. The lowest BCUT2D eigenvalue weighted by atomic mass is 10.3. The van der Waals surface area contributed by atoms with E-state index in [-0.39, 0.29) is 0 Å². The number of thiophene rings is 1. The minimum Gasteiger partial charge on any atom is -0.311 e. The number of rotatable bonds is 3. The molecule has 0 aliphatic heterocycles. The molecule has 2 heterocycles. The van der Waals surface area contributed by atoms with Crippen molar-refractivity contribution in [3.8, 4) is 0 Å². The van der Waals surface area contributed by atoms with E-state index in [9.17, 15) is 0 Å². The van der Waals surface area contributed by atoms with Crippen molar-refractivity contribution in [3.05, 3.63) is 33.5 Å². The van der Waals surface area contributed by atoms with E-state index in [0.717, 1.165) is 12.4 Å². The summed E-state index contributed by atoms with van der Waals surface area (Å²) in [5.41, 5.74) is 1.34. The second kappa shape index (κ2) is 4.33. The minimum atomic E-state index is 0.406. The maximum atomic E-state index is 5.76. The van der Waals surface area contributed by atoms with Gasteiger partial charge in [0.25, 0.3) is 0 Å². The van der Waals surface area contributed by atoms with Crippen LogP contribution in [0.5, 0.6) is 0 Å². The minimum absolute atomic E-state index is 0.406. The topological polar surface area (TPSA) is 30.7 Å². The summed E-state index contributed by atoms with van der Waals surface area (Å²) >= 11 is 7.57. The first-order valence-electron chi connectivity index (χ1n) is 4.69. The van der Waals surface area contributed by atoms with E-state index in [1.807, 2.05) is 15.9 Å². The van der Waals surface area contributed by atoms with Crippen molar-refractivity contribution in [2.24, 2.45) is 0 Å². The number of hydrogen-bond acceptors (Lipinski definition) is 3. The van der Waals surface area contributed by atoms with Crippen LogP contribution < -0.4 is 0 Å². The lowest BCUT2D eigenvalue weighted by Crippen LogP contribution is -2.00. The second-order valence-corrected chi connectivity index (χ2v) is 5.07. The largest absolute Gasteiger partial charge is 0.311 e. The standard InChI is InChI=1S/C10H12ClN3S/c1-7-3-9(15-8(7)2)5-14-6-12-13-10(14)4-11/h3,6H,4-5H2,1-2H3. The molecule has 2 rings (SSSR count). The summed E-state index contributed by atoms with van der Waals surface area (Å²) in [6.07, 6.45) is 1.72. The van der Waals surface area contributed by atoms with Crippen LogP contribution in [0.15, 0.2) is 12.4 Å². The van der Waals surface area contributed by atoms with Gasteiger partial charge in [0.15, 0.2) is 0 Å². The Balaban J connectivity index is 2.21. The first-order valence-corrected chi connectivity index (χ1v) is 6.04. The first-order chi connectivity index (χ1) is 7.20. The number of alkyl halides is 1. The van der Waals surface area contributed by atoms with E-state index in [1.165, 1.54) is 15.3 Å². The van der Waals surface area contributed by atoms with E-state index in [0.29, 0.717) is 5.88 Å². The van der Waals surface area contributed by atoms with Gasteiger partial charge in [-0.15, -0.1) is 33.1 Å². The maximum absolute atomic E-state index is 5.76. The van der Waals surface area contributed by atoms with E-state index < -0.39 is 0 Å². The molecule has 0 radical (unpaired) electrons. The fourth-order valence-electron chi connectivity index (χ4n) is 1.41. The molecule has 0 N–H and O–H groups in total. The van der Waals surface area contributed by atoms with Gasteiger partial charge < -0.3 is 4.57 Å². The van der Waals surface area contributed by atoms with E-state index >= 15 is 0 Å². The summed E-state index contributed by atoms with van der Waals surface area (Å²) in [7, 11) is 0. The Hall–Kier alpha value is -0.870. The Morgan fingerprint density at radius 1 is 1.47 bits per heavy atom. The van der Waals surface area contributed by atoms with Gasteiger partial charge in [-0.2, -0.15) is 0 Å². The number of aryl methyl sites for hydroxylation is 2. The van der Waals surface area contributed by atoms with Crippen LogP contribution in [0.2, 0.25) is 0 Å². The molecule has 80 valence electrons. The zero-order chi connectivity index (χ0) is 10.8. The second-order valence-electron chi connectivity index (χ2n) is 3.46. The van der Waals surface area contributed by atoms with Gasteiger partial charge >= 0.3 is 0 Å². The zero-order valence-corrected chi connectivity index (χ0v) is 10.3. The van der Waals surface area contributed by atoms with Crippen molar-refractivity contribution in [2.75, 3.05) is 0 Å². The average molecular weight is 242 g/mol. The SMILES string of the molecule is Cc1cc(Cn2cnnc2CCl)sc1C. The molecule has 0 aromatic carbocycles. The van der Waals surface area contributed by atoms with Crippen LogP contribution in [0.1, 0.15) is 21.1 Å². The van der Waals surface area contributed by atoms with Crippen LogP contribution in [0.3, 0.4) is 0 Å². The van der Waals surface area contributed by atoms with E-state index in [1.54, 1.807) is 6.33 Å². The van der Waals surface area contributed by atoms with Gasteiger partial charge in [0, 0.05) is 9.75 Å². The van der Waals surface area contributed by atoms with Gasteiger partial charge in [-0.05, 0) is 25.5 Å². The van der Waals surface area contributed by atoms with Crippen molar-refractivity contribution < 1.29 is 0 Å². The van der Waals surface area contributed by atoms with Gasteiger partial charge in [-0.3, -0.25) is 0 Å². The van der Waals surface area contributed by atoms with Crippen LogP contribution in [-0.4, -0.2) is 14.8 Å². The van der Waals surface area contributed by atoms with Crippen LogP contribution in [0.4, 0.5) is 0 Å². The van der Waals surface area contributed by atoms with Crippen molar-refractivity contribution in [3.63, 3.8) is 0 Å². The van der Waals surface area contributed by atoms with Crippen molar-refractivity contribution >= 4 is 22.9 Å². The normalized spacial score (nSPS) is 10.9. The molecular weight excluding hydrogens is 230 g/mol. The lowest BCUT2D eigenvalue weighted by Gasteiger charge is -2.01. The molecule has 0 spiro atoms. The molecule has 3 nitrogen and oxygen atoms in total. The molecule has 2 aromatic rings. The average Bonchev–Trinajstić information content (AvgIpc) is 2.75. The molecule has 0 atom stereocenters. The Bertz CT molecular complexity index is 441. The Morgan fingerprint density at radius 3 is 2.87 bits per heavy atom. The van der Waals surface area contributed by atoms with Crippen LogP contribution in [0, 0.1) is 13.8 Å². The van der Waals surface area contributed by atoms with Crippen LogP contribution in [-0.2, 0) is 12.4 Å². The van der Waals surface area contributed by atoms with Crippen molar-refractivity contribution in [1.29, 1.82) is 0 Å². The molecule has 0 aliphatic rings. The molecule has 0 fully saturated rings. The highest BCUT2D eigenvalue weighted by Gasteiger charge is 2.06. The summed E-state index contributed by atoms with van der Waals surface area (Å²) in [6, 6.07) is 2.21. The third kappa shape index (κ3) is 2.21. The molecule has 0 unspecified atom stereocenters. The highest BCUT2D eigenvalue weighted by Crippen LogP contribution is 2.21. The number of aromatic nitrogens is 3. The number of nitrogens with zero attached hydrogens (tertiary/aromatic N) is 3. The molecule has 0 aliphatic carbocycles. The summed E-state index contributed by atoms with van der Waals surface area (Å²) in [5.74, 6) is 1.23. The lowest BCUT2D eigenvalue weighted by molar-refractivity contribution is 0.764. The number of halogens is 1. The molecule has 2 aromatic heterocycles. The van der Waals surface area contributed by atoms with Gasteiger partial charge in [0.2, 0.25) is 0 Å². The summed E-state index contributed by atoms with van der Waals surface area (Å²) in [4.78, 5) is 2.68. The Morgan fingerprint density at radius 2 is 2.27 bits per heavy atom. The number of hydrogen-bond donors (Lipinski definition) is 0. The van der Waals surface area contributed by atoms with E-state index in [4.69, 9.17) is 11.6 Å².